The Morgan fingerprint density at radius 2 is 2.31 bits per heavy atom. The van der Waals surface area contributed by atoms with Gasteiger partial charge in [-0.2, -0.15) is 5.26 Å². The fourth-order valence-electron chi connectivity index (χ4n) is 1.23. The van der Waals surface area contributed by atoms with Crippen molar-refractivity contribution in [1.29, 1.82) is 5.26 Å². The van der Waals surface area contributed by atoms with Gasteiger partial charge in [0, 0.05) is 9.75 Å². The number of aryl methyl sites for hydroxylation is 1. The second kappa shape index (κ2) is 5.13. The third-order valence-electron chi connectivity index (χ3n) is 2.67. The molecule has 0 radical (unpaired) electrons. The molecule has 4 heteroatoms. The zero-order valence-electron chi connectivity index (χ0n) is 9.83. The Kier molecular flexibility index (Phi) is 4.08. The van der Waals surface area contributed by atoms with Crippen LogP contribution < -0.4 is 5.32 Å². The molecular weight excluding hydrogens is 220 g/mol. The highest BCUT2D eigenvalue weighted by Gasteiger charge is 2.30. The second-order valence-electron chi connectivity index (χ2n) is 3.99. The van der Waals surface area contributed by atoms with E-state index in [9.17, 15) is 4.79 Å². The molecule has 1 N–H and O–H groups in total. The molecule has 0 bridgehead atoms. The largest absolute Gasteiger partial charge is 0.350 e. The maximum Gasteiger partial charge on any atom is 0.240 e. The first-order chi connectivity index (χ1) is 7.51. The standard InChI is InChI=1S/C12H16N2OS/c1-4-12(3,8-13)11(15)14-7-10-6-5-9(2)16-10/h5-6H,4,7H2,1-3H3,(H,14,15). The van der Waals surface area contributed by atoms with Crippen molar-refractivity contribution in [3.8, 4) is 6.07 Å². The predicted octanol–water partition coefficient (Wildman–Crippen LogP) is 2.61. The Balaban J connectivity index is 2.57. The van der Waals surface area contributed by atoms with Crippen LogP contribution in [0.4, 0.5) is 0 Å². The third-order valence-corrected chi connectivity index (χ3v) is 3.67. The van der Waals surface area contributed by atoms with E-state index in [4.69, 9.17) is 5.26 Å². The van der Waals surface area contributed by atoms with E-state index in [1.54, 1.807) is 18.3 Å². The Morgan fingerprint density at radius 3 is 2.75 bits per heavy atom. The van der Waals surface area contributed by atoms with Crippen LogP contribution in [0.15, 0.2) is 12.1 Å². The third kappa shape index (κ3) is 2.83. The van der Waals surface area contributed by atoms with Gasteiger partial charge in [-0.1, -0.05) is 6.92 Å². The molecule has 86 valence electrons. The van der Waals surface area contributed by atoms with Crippen molar-refractivity contribution in [3.63, 3.8) is 0 Å². The minimum atomic E-state index is -0.910. The van der Waals surface area contributed by atoms with Gasteiger partial charge in [-0.3, -0.25) is 4.79 Å². The quantitative estimate of drug-likeness (QED) is 0.873. The van der Waals surface area contributed by atoms with E-state index in [1.807, 2.05) is 26.0 Å². The van der Waals surface area contributed by atoms with Crippen molar-refractivity contribution >= 4 is 17.2 Å². The molecule has 0 spiro atoms. The lowest BCUT2D eigenvalue weighted by Gasteiger charge is -2.18. The number of amides is 1. The van der Waals surface area contributed by atoms with E-state index >= 15 is 0 Å². The van der Waals surface area contributed by atoms with Gasteiger partial charge >= 0.3 is 0 Å². The zero-order valence-corrected chi connectivity index (χ0v) is 10.6. The summed E-state index contributed by atoms with van der Waals surface area (Å²) >= 11 is 1.66. The van der Waals surface area contributed by atoms with Crippen LogP contribution in [0.5, 0.6) is 0 Å². The smallest absolute Gasteiger partial charge is 0.240 e. The number of nitrogens with zero attached hydrogens (tertiary/aromatic N) is 1. The van der Waals surface area contributed by atoms with Gasteiger partial charge in [-0.15, -0.1) is 11.3 Å². The van der Waals surface area contributed by atoms with Crippen molar-refractivity contribution in [2.45, 2.75) is 33.7 Å². The summed E-state index contributed by atoms with van der Waals surface area (Å²) in [5.41, 5.74) is -0.910. The molecular formula is C12H16N2OS. The van der Waals surface area contributed by atoms with Crippen LogP contribution in [0.2, 0.25) is 0 Å². The van der Waals surface area contributed by atoms with Gasteiger partial charge in [0.25, 0.3) is 0 Å². The number of thiophene rings is 1. The number of nitriles is 1. The van der Waals surface area contributed by atoms with Gasteiger partial charge in [0.05, 0.1) is 12.6 Å². The van der Waals surface area contributed by atoms with Crippen molar-refractivity contribution in [1.82, 2.24) is 5.32 Å². The number of rotatable bonds is 4. The molecule has 0 saturated carbocycles. The second-order valence-corrected chi connectivity index (χ2v) is 5.36. The zero-order chi connectivity index (χ0) is 12.2. The van der Waals surface area contributed by atoms with Crippen molar-refractivity contribution in [2.24, 2.45) is 5.41 Å². The molecule has 1 amide bonds. The molecule has 16 heavy (non-hydrogen) atoms. The molecule has 1 heterocycles. The van der Waals surface area contributed by atoms with Crippen molar-refractivity contribution < 1.29 is 4.79 Å². The first-order valence-electron chi connectivity index (χ1n) is 5.26. The number of carbonyl (C=O) groups excluding carboxylic acids is 1. The highest BCUT2D eigenvalue weighted by Crippen LogP contribution is 2.20. The van der Waals surface area contributed by atoms with Crippen molar-refractivity contribution in [3.05, 3.63) is 21.9 Å². The maximum absolute atomic E-state index is 11.8. The normalized spacial score (nSPS) is 13.9. The summed E-state index contributed by atoms with van der Waals surface area (Å²) < 4.78 is 0. The van der Waals surface area contributed by atoms with Crippen LogP contribution in [0, 0.1) is 23.7 Å². The number of carbonyl (C=O) groups is 1. The first-order valence-corrected chi connectivity index (χ1v) is 6.08. The molecule has 0 aromatic carbocycles. The summed E-state index contributed by atoms with van der Waals surface area (Å²) in [5.74, 6) is -0.191. The van der Waals surface area contributed by atoms with Gasteiger partial charge < -0.3 is 5.32 Å². The predicted molar refractivity (Wildman–Crippen MR) is 64.9 cm³/mol. The monoisotopic (exact) mass is 236 g/mol. The van der Waals surface area contributed by atoms with Crippen LogP contribution in [0.1, 0.15) is 30.0 Å². The average molecular weight is 236 g/mol. The molecule has 1 aromatic rings. The summed E-state index contributed by atoms with van der Waals surface area (Å²) in [6, 6.07) is 6.08. The minimum Gasteiger partial charge on any atom is -0.350 e. The summed E-state index contributed by atoms with van der Waals surface area (Å²) in [6.45, 7) is 6.05. The summed E-state index contributed by atoms with van der Waals surface area (Å²) in [7, 11) is 0. The Labute approximate surface area is 100 Å². The van der Waals surface area contributed by atoms with Crippen molar-refractivity contribution in [2.75, 3.05) is 0 Å². The van der Waals surface area contributed by atoms with E-state index in [0.717, 1.165) is 4.88 Å². The molecule has 0 saturated heterocycles. The molecule has 0 aliphatic rings. The highest BCUT2D eigenvalue weighted by molar-refractivity contribution is 7.11. The van der Waals surface area contributed by atoms with Gasteiger partial charge in [-0.05, 0) is 32.4 Å². The lowest BCUT2D eigenvalue weighted by Crippen LogP contribution is -2.37. The van der Waals surface area contributed by atoms with Gasteiger partial charge in [-0.25, -0.2) is 0 Å². The lowest BCUT2D eigenvalue weighted by atomic mass is 9.88. The fourth-order valence-corrected chi connectivity index (χ4v) is 2.06. The van der Waals surface area contributed by atoms with Crippen LogP contribution in [-0.2, 0) is 11.3 Å². The van der Waals surface area contributed by atoms with E-state index in [2.05, 4.69) is 11.4 Å². The van der Waals surface area contributed by atoms with Gasteiger partial charge in [0.2, 0.25) is 5.91 Å². The molecule has 1 atom stereocenters. The molecule has 1 rings (SSSR count). The Bertz CT molecular complexity index is 419. The summed E-state index contributed by atoms with van der Waals surface area (Å²) in [6.07, 6.45) is 0.527. The maximum atomic E-state index is 11.8. The number of hydrogen-bond donors (Lipinski definition) is 1. The molecule has 3 nitrogen and oxygen atoms in total. The van der Waals surface area contributed by atoms with E-state index in [0.29, 0.717) is 13.0 Å². The number of nitrogens with one attached hydrogen (secondary N) is 1. The first kappa shape index (κ1) is 12.7. The summed E-state index contributed by atoms with van der Waals surface area (Å²) in [4.78, 5) is 14.1. The van der Waals surface area contributed by atoms with Gasteiger partial charge in [0.15, 0.2) is 0 Å². The Hall–Kier alpha value is -1.34. The van der Waals surface area contributed by atoms with Crippen LogP contribution in [-0.4, -0.2) is 5.91 Å². The highest BCUT2D eigenvalue weighted by atomic mass is 32.1. The molecule has 0 fully saturated rings. The van der Waals surface area contributed by atoms with E-state index < -0.39 is 5.41 Å². The van der Waals surface area contributed by atoms with Crippen LogP contribution in [0.25, 0.3) is 0 Å². The topological polar surface area (TPSA) is 52.9 Å². The molecule has 1 aromatic heterocycles. The summed E-state index contributed by atoms with van der Waals surface area (Å²) in [5, 5.41) is 11.8. The SMILES string of the molecule is CCC(C)(C#N)C(=O)NCc1ccc(C)s1. The van der Waals surface area contributed by atoms with Crippen LogP contribution >= 0.6 is 11.3 Å². The molecule has 0 aliphatic carbocycles. The van der Waals surface area contributed by atoms with Gasteiger partial charge in [0.1, 0.15) is 5.41 Å². The fraction of sp³-hybridized carbons (Fsp3) is 0.500. The Morgan fingerprint density at radius 1 is 1.62 bits per heavy atom. The molecule has 0 aliphatic heterocycles. The minimum absolute atomic E-state index is 0.191. The van der Waals surface area contributed by atoms with E-state index in [1.165, 1.54) is 4.88 Å². The lowest BCUT2D eigenvalue weighted by molar-refractivity contribution is -0.127. The molecule has 1 unspecified atom stereocenters. The van der Waals surface area contributed by atoms with E-state index in [-0.39, 0.29) is 5.91 Å². The number of hydrogen-bond acceptors (Lipinski definition) is 3. The van der Waals surface area contributed by atoms with Crippen LogP contribution in [0.3, 0.4) is 0 Å². The average Bonchev–Trinajstić information content (AvgIpc) is 2.70.